The second-order valence-electron chi connectivity index (χ2n) is 4.62. The van der Waals surface area contributed by atoms with Gasteiger partial charge in [-0.15, -0.1) is 0 Å². The lowest BCUT2D eigenvalue weighted by Gasteiger charge is -2.30. The maximum absolute atomic E-state index is 2.47. The zero-order chi connectivity index (χ0) is 7.09. The second kappa shape index (κ2) is 1.11. The van der Waals surface area contributed by atoms with Gasteiger partial charge in [0.15, 0.2) is 0 Å². The minimum atomic E-state index is 0.740. The van der Waals surface area contributed by atoms with Gasteiger partial charge in [-0.05, 0) is 31.1 Å². The van der Waals surface area contributed by atoms with Crippen LogP contribution in [0.15, 0.2) is 11.1 Å². The van der Waals surface area contributed by atoms with Gasteiger partial charge >= 0.3 is 0 Å². The highest BCUT2D eigenvalue weighted by molar-refractivity contribution is 5.57. The van der Waals surface area contributed by atoms with Gasteiger partial charge in [-0.2, -0.15) is 0 Å². The fourth-order valence-electron chi connectivity index (χ4n) is 3.92. The maximum Gasteiger partial charge on any atom is 0.00232 e. The maximum atomic E-state index is 2.47. The van der Waals surface area contributed by atoms with Gasteiger partial charge in [0.05, 0.1) is 0 Å². The highest BCUT2D eigenvalue weighted by atomic mass is 14.8. The van der Waals surface area contributed by atoms with E-state index in [-0.39, 0.29) is 0 Å². The molecule has 0 heterocycles. The van der Waals surface area contributed by atoms with Gasteiger partial charge in [-0.1, -0.05) is 25.0 Å². The van der Waals surface area contributed by atoms with Crippen molar-refractivity contribution < 1.29 is 0 Å². The fraction of sp³-hybridized carbons (Fsp3) is 0.800. The molecule has 3 aliphatic carbocycles. The van der Waals surface area contributed by atoms with Crippen molar-refractivity contribution in [3.8, 4) is 0 Å². The molecule has 0 aromatic rings. The van der Waals surface area contributed by atoms with Gasteiger partial charge in [0.2, 0.25) is 0 Å². The van der Waals surface area contributed by atoms with Crippen molar-refractivity contribution in [3.63, 3.8) is 0 Å². The molecule has 10 heavy (non-hydrogen) atoms. The van der Waals surface area contributed by atoms with Crippen molar-refractivity contribution in [2.45, 2.75) is 27.2 Å². The van der Waals surface area contributed by atoms with Crippen LogP contribution in [0.1, 0.15) is 27.2 Å². The first-order valence-corrected chi connectivity index (χ1v) is 4.38. The van der Waals surface area contributed by atoms with Crippen molar-refractivity contribution >= 4 is 0 Å². The summed E-state index contributed by atoms with van der Waals surface area (Å²) in [7, 11) is 0. The SMILES string of the molecule is CC1=C2C3C(C)CC1C23C. The molecule has 54 valence electrons. The van der Waals surface area contributed by atoms with E-state index in [2.05, 4.69) is 20.8 Å². The zero-order valence-electron chi connectivity index (χ0n) is 6.94. The largest absolute Gasteiger partial charge is 0.0692 e. The Hall–Kier alpha value is -0.260. The number of hydrogen-bond acceptors (Lipinski definition) is 0. The van der Waals surface area contributed by atoms with Crippen molar-refractivity contribution in [2.24, 2.45) is 23.2 Å². The smallest absolute Gasteiger partial charge is 0.00232 e. The molecule has 2 saturated carbocycles. The Morgan fingerprint density at radius 2 is 2.20 bits per heavy atom. The normalized spacial score (nSPS) is 62.1. The zero-order valence-corrected chi connectivity index (χ0v) is 6.94. The second-order valence-corrected chi connectivity index (χ2v) is 4.62. The van der Waals surface area contributed by atoms with Crippen LogP contribution in [0, 0.1) is 23.2 Å². The van der Waals surface area contributed by atoms with E-state index in [0.717, 1.165) is 23.2 Å². The summed E-state index contributed by atoms with van der Waals surface area (Å²) in [5, 5.41) is 0. The third-order valence-electron chi connectivity index (χ3n) is 4.30. The van der Waals surface area contributed by atoms with E-state index in [9.17, 15) is 0 Å². The highest BCUT2D eigenvalue weighted by Crippen LogP contribution is 2.82. The highest BCUT2D eigenvalue weighted by Gasteiger charge is 2.74. The molecule has 0 bridgehead atoms. The van der Waals surface area contributed by atoms with Crippen LogP contribution in [0.5, 0.6) is 0 Å². The van der Waals surface area contributed by atoms with Crippen LogP contribution in [0.25, 0.3) is 0 Å². The van der Waals surface area contributed by atoms with E-state index in [4.69, 9.17) is 0 Å². The lowest BCUT2D eigenvalue weighted by atomic mass is 9.74. The molecule has 0 N–H and O–H groups in total. The predicted molar refractivity (Wildman–Crippen MR) is 41.6 cm³/mol. The van der Waals surface area contributed by atoms with Gasteiger partial charge in [0.1, 0.15) is 0 Å². The van der Waals surface area contributed by atoms with Crippen LogP contribution in [-0.4, -0.2) is 0 Å². The molecule has 0 spiro atoms. The Labute approximate surface area is 62.3 Å². The molecule has 0 heteroatoms. The summed E-state index contributed by atoms with van der Waals surface area (Å²) in [4.78, 5) is 0. The van der Waals surface area contributed by atoms with Gasteiger partial charge in [-0.25, -0.2) is 0 Å². The Kier molecular flexibility index (Phi) is 0.598. The van der Waals surface area contributed by atoms with Crippen molar-refractivity contribution in [1.82, 2.24) is 0 Å². The van der Waals surface area contributed by atoms with Gasteiger partial charge < -0.3 is 0 Å². The summed E-state index contributed by atoms with van der Waals surface area (Å²) in [5.74, 6) is 3.04. The summed E-state index contributed by atoms with van der Waals surface area (Å²) < 4.78 is 0. The number of rotatable bonds is 0. The number of allylic oxidation sites excluding steroid dienone is 2. The summed E-state index contributed by atoms with van der Waals surface area (Å²) in [6, 6.07) is 0. The molecule has 3 rings (SSSR count). The Balaban J connectivity index is 2.16. The van der Waals surface area contributed by atoms with E-state index in [1.807, 2.05) is 5.57 Å². The topological polar surface area (TPSA) is 0 Å². The van der Waals surface area contributed by atoms with Crippen molar-refractivity contribution in [1.29, 1.82) is 0 Å². The van der Waals surface area contributed by atoms with E-state index in [1.54, 1.807) is 5.57 Å². The third kappa shape index (κ3) is 0.275. The molecule has 0 aromatic heterocycles. The summed E-state index contributed by atoms with van der Waals surface area (Å²) in [5.41, 5.74) is 4.34. The fourth-order valence-corrected chi connectivity index (χ4v) is 3.92. The minimum Gasteiger partial charge on any atom is -0.0692 e. The quantitative estimate of drug-likeness (QED) is 0.447. The summed E-state index contributed by atoms with van der Waals surface area (Å²) in [6.45, 7) is 7.23. The van der Waals surface area contributed by atoms with E-state index < -0.39 is 0 Å². The first kappa shape index (κ1) is 5.40. The number of hydrogen-bond donors (Lipinski definition) is 0. The molecule has 0 radical (unpaired) electrons. The lowest BCUT2D eigenvalue weighted by Crippen LogP contribution is -2.20. The van der Waals surface area contributed by atoms with Crippen LogP contribution in [0.4, 0.5) is 0 Å². The van der Waals surface area contributed by atoms with E-state index in [0.29, 0.717) is 0 Å². The number of fused-ring (bicyclic) bond motifs is 1. The molecular weight excluding hydrogens is 120 g/mol. The standard InChI is InChI=1S/C10H14/c1-5-4-7-6(2)9-8(5)10(7,9)3/h5,7-8H,4H2,1-3H3. The summed E-state index contributed by atoms with van der Waals surface area (Å²) >= 11 is 0. The van der Waals surface area contributed by atoms with Gasteiger partial charge in [0.25, 0.3) is 0 Å². The average Bonchev–Trinajstić information content (AvgIpc) is 2.39. The molecule has 4 unspecified atom stereocenters. The van der Waals surface area contributed by atoms with Gasteiger partial charge in [0, 0.05) is 5.41 Å². The lowest BCUT2D eigenvalue weighted by molar-refractivity contribution is 0.387. The molecule has 3 aliphatic rings. The van der Waals surface area contributed by atoms with Crippen LogP contribution < -0.4 is 0 Å². The monoisotopic (exact) mass is 134 g/mol. The minimum absolute atomic E-state index is 0.740. The van der Waals surface area contributed by atoms with Crippen LogP contribution in [0.3, 0.4) is 0 Å². The van der Waals surface area contributed by atoms with Crippen LogP contribution in [-0.2, 0) is 0 Å². The third-order valence-corrected chi connectivity index (χ3v) is 4.30. The average molecular weight is 134 g/mol. The Morgan fingerprint density at radius 3 is 2.50 bits per heavy atom. The van der Waals surface area contributed by atoms with Crippen LogP contribution >= 0.6 is 0 Å². The molecule has 0 saturated heterocycles. The van der Waals surface area contributed by atoms with E-state index in [1.165, 1.54) is 6.42 Å². The predicted octanol–water partition coefficient (Wildman–Crippen LogP) is 2.61. The van der Waals surface area contributed by atoms with E-state index >= 15 is 0 Å². The molecule has 0 nitrogen and oxygen atoms in total. The Morgan fingerprint density at radius 1 is 1.50 bits per heavy atom. The first-order valence-electron chi connectivity index (χ1n) is 4.38. The van der Waals surface area contributed by atoms with Crippen LogP contribution in [0.2, 0.25) is 0 Å². The molecule has 0 aromatic carbocycles. The molecule has 4 atom stereocenters. The Bertz CT molecular complexity index is 249. The van der Waals surface area contributed by atoms with Crippen molar-refractivity contribution in [3.05, 3.63) is 11.1 Å². The molecular formula is C10H14. The molecule has 0 amide bonds. The molecule has 0 aliphatic heterocycles. The summed E-state index contributed by atoms with van der Waals surface area (Å²) in [6.07, 6.45) is 1.48. The first-order chi connectivity index (χ1) is 4.67. The van der Waals surface area contributed by atoms with Gasteiger partial charge in [-0.3, -0.25) is 0 Å². The van der Waals surface area contributed by atoms with Crippen molar-refractivity contribution in [2.75, 3.05) is 0 Å². The molecule has 2 fully saturated rings.